The van der Waals surface area contributed by atoms with E-state index < -0.39 is 23.5 Å². The summed E-state index contributed by atoms with van der Waals surface area (Å²) in [7, 11) is 0. The van der Waals surface area contributed by atoms with Crippen LogP contribution < -0.4 is 10.6 Å². The van der Waals surface area contributed by atoms with Crippen LogP contribution >= 0.6 is 15.9 Å². The molecule has 0 bridgehead atoms. The van der Waals surface area contributed by atoms with Crippen molar-refractivity contribution in [2.24, 2.45) is 5.41 Å². The molecule has 0 aliphatic heterocycles. The van der Waals surface area contributed by atoms with Gasteiger partial charge in [0.1, 0.15) is 11.9 Å². The summed E-state index contributed by atoms with van der Waals surface area (Å²) >= 11 is 3.36. The summed E-state index contributed by atoms with van der Waals surface area (Å²) in [6.45, 7) is 7.63. The monoisotopic (exact) mass is 450 g/mol. The van der Waals surface area contributed by atoms with Crippen LogP contribution in [0.3, 0.4) is 0 Å². The van der Waals surface area contributed by atoms with E-state index >= 15 is 0 Å². The van der Waals surface area contributed by atoms with Gasteiger partial charge in [-0.15, -0.1) is 0 Å². The average Bonchev–Trinajstić information content (AvgIpc) is 3.03. The summed E-state index contributed by atoms with van der Waals surface area (Å²) in [5.74, 6) is -0.392. The maximum atomic E-state index is 12.5. The molecule has 2 rings (SSSR count). The van der Waals surface area contributed by atoms with Gasteiger partial charge in [0.15, 0.2) is 0 Å². The van der Waals surface area contributed by atoms with Gasteiger partial charge >= 0.3 is 12.0 Å². The number of carboxylic acids is 1. The average molecular weight is 451 g/mol. The molecule has 0 saturated heterocycles. The number of amides is 2. The van der Waals surface area contributed by atoms with E-state index in [9.17, 15) is 14.7 Å². The Labute approximate surface area is 173 Å². The molecule has 1 aromatic heterocycles. The van der Waals surface area contributed by atoms with E-state index in [0.29, 0.717) is 17.9 Å². The zero-order valence-corrected chi connectivity index (χ0v) is 18.2. The smallest absolute Gasteiger partial charge is 0.327 e. The first-order valence-electron chi connectivity index (χ1n) is 9.22. The predicted octanol–water partition coefficient (Wildman–Crippen LogP) is 4.98. The molecular formula is C20H27BrN4O3. The van der Waals surface area contributed by atoms with E-state index in [2.05, 4.69) is 31.5 Å². The van der Waals surface area contributed by atoms with Crippen LogP contribution in [0, 0.1) is 5.41 Å². The van der Waals surface area contributed by atoms with Gasteiger partial charge in [-0.3, -0.25) is 0 Å². The number of halogens is 1. The Morgan fingerprint density at radius 3 is 2.43 bits per heavy atom. The molecule has 0 saturated carbocycles. The third-order valence-electron chi connectivity index (χ3n) is 4.33. The minimum Gasteiger partial charge on any atom is -0.480 e. The zero-order chi connectivity index (χ0) is 20.9. The van der Waals surface area contributed by atoms with Gasteiger partial charge in [0.2, 0.25) is 0 Å². The third kappa shape index (κ3) is 5.58. The van der Waals surface area contributed by atoms with E-state index in [-0.39, 0.29) is 6.03 Å². The summed E-state index contributed by atoms with van der Waals surface area (Å²) in [6, 6.07) is 5.71. The molecule has 1 unspecified atom stereocenters. The molecular weight excluding hydrogens is 424 g/mol. The van der Waals surface area contributed by atoms with Crippen molar-refractivity contribution in [2.75, 3.05) is 5.32 Å². The molecule has 0 spiro atoms. The molecule has 28 heavy (non-hydrogen) atoms. The Balaban J connectivity index is 2.24. The van der Waals surface area contributed by atoms with Crippen LogP contribution in [-0.4, -0.2) is 26.7 Å². The van der Waals surface area contributed by atoms with Crippen molar-refractivity contribution in [3.05, 3.63) is 47.0 Å². The van der Waals surface area contributed by atoms with E-state index in [1.165, 1.54) is 0 Å². The van der Waals surface area contributed by atoms with Crippen molar-refractivity contribution >= 4 is 33.6 Å². The summed E-state index contributed by atoms with van der Waals surface area (Å²) in [6.07, 6.45) is 4.69. The van der Waals surface area contributed by atoms with Crippen LogP contribution in [0.1, 0.15) is 58.4 Å². The van der Waals surface area contributed by atoms with E-state index in [4.69, 9.17) is 0 Å². The largest absolute Gasteiger partial charge is 0.480 e. The number of nitrogens with zero attached hydrogens (tertiary/aromatic N) is 2. The van der Waals surface area contributed by atoms with Crippen LogP contribution in [0.5, 0.6) is 0 Å². The van der Waals surface area contributed by atoms with Crippen LogP contribution in [-0.2, 0) is 4.79 Å². The predicted molar refractivity (Wildman–Crippen MR) is 112 cm³/mol. The lowest BCUT2D eigenvalue weighted by Crippen LogP contribution is -2.37. The number of imidazole rings is 1. The molecule has 2 atom stereocenters. The number of anilines is 1. The molecule has 1 aromatic carbocycles. The maximum absolute atomic E-state index is 12.5. The van der Waals surface area contributed by atoms with Gasteiger partial charge in [0, 0.05) is 22.6 Å². The summed E-state index contributed by atoms with van der Waals surface area (Å²) in [5.41, 5.74) is 0.148. The fraction of sp³-hybridized carbons (Fsp3) is 0.450. The molecule has 1 heterocycles. The minimum atomic E-state index is -0.929. The molecule has 0 radical (unpaired) electrons. The van der Waals surface area contributed by atoms with Crippen LogP contribution in [0.15, 0.2) is 41.1 Å². The molecule has 2 amide bonds. The van der Waals surface area contributed by atoms with Crippen LogP contribution in [0.25, 0.3) is 0 Å². The molecule has 7 nitrogen and oxygen atoms in total. The lowest BCUT2D eigenvalue weighted by Gasteiger charge is -2.31. The topological polar surface area (TPSA) is 96.3 Å². The number of hydrogen-bond donors (Lipinski definition) is 3. The van der Waals surface area contributed by atoms with Crippen molar-refractivity contribution in [3.8, 4) is 0 Å². The number of carboxylic acid groups (broad SMARTS) is 1. The first kappa shape index (κ1) is 21.9. The van der Waals surface area contributed by atoms with E-state index in [1.54, 1.807) is 29.1 Å². The third-order valence-corrected chi connectivity index (χ3v) is 4.86. The highest BCUT2D eigenvalue weighted by atomic mass is 79.9. The van der Waals surface area contributed by atoms with Crippen molar-refractivity contribution in [2.45, 2.75) is 52.6 Å². The van der Waals surface area contributed by atoms with Gasteiger partial charge in [-0.1, -0.05) is 50.0 Å². The molecule has 2 aromatic rings. The van der Waals surface area contributed by atoms with Crippen LogP contribution in [0.2, 0.25) is 0 Å². The fourth-order valence-electron chi connectivity index (χ4n) is 3.13. The second kappa shape index (κ2) is 9.23. The second-order valence-electron chi connectivity index (χ2n) is 7.75. The Morgan fingerprint density at radius 1 is 1.25 bits per heavy atom. The Morgan fingerprint density at radius 2 is 1.89 bits per heavy atom. The van der Waals surface area contributed by atoms with Crippen molar-refractivity contribution in [1.29, 1.82) is 0 Å². The maximum Gasteiger partial charge on any atom is 0.327 e. The fourth-order valence-corrected chi connectivity index (χ4v) is 3.40. The lowest BCUT2D eigenvalue weighted by atomic mass is 9.86. The number of hydrogen-bond acceptors (Lipinski definition) is 3. The molecule has 0 aliphatic rings. The van der Waals surface area contributed by atoms with E-state index in [0.717, 1.165) is 10.9 Å². The second-order valence-corrected chi connectivity index (χ2v) is 8.66. The van der Waals surface area contributed by atoms with Crippen molar-refractivity contribution in [1.82, 2.24) is 14.9 Å². The number of nitrogens with one attached hydrogen (secondary N) is 2. The Kier molecular flexibility index (Phi) is 7.23. The van der Waals surface area contributed by atoms with Gasteiger partial charge in [-0.2, -0.15) is 0 Å². The van der Waals surface area contributed by atoms with Gasteiger partial charge in [-0.05, 0) is 36.1 Å². The number of urea groups is 1. The summed E-state index contributed by atoms with van der Waals surface area (Å²) < 4.78 is 2.58. The standard InChI is InChI=1S/C20H27BrN4O3/c1-5-6-15(24-19(28)23-14-9-7-13(21)8-10-14)17-22-11-12-25(17)16(18(26)27)20(2,3)4/h7-12,15-16H,5-6H2,1-4H3,(H,26,27)(H2,23,24,28)/t15-,16?/m0/s1. The molecule has 3 N–H and O–H groups in total. The molecule has 0 aliphatic carbocycles. The van der Waals surface area contributed by atoms with Crippen molar-refractivity contribution < 1.29 is 14.7 Å². The van der Waals surface area contributed by atoms with Crippen LogP contribution in [0.4, 0.5) is 10.5 Å². The number of carbonyl (C=O) groups excluding carboxylic acids is 1. The number of benzene rings is 1. The molecule has 152 valence electrons. The molecule has 8 heteroatoms. The zero-order valence-electron chi connectivity index (χ0n) is 16.6. The summed E-state index contributed by atoms with van der Waals surface area (Å²) in [4.78, 5) is 28.8. The van der Waals surface area contributed by atoms with Crippen molar-refractivity contribution in [3.63, 3.8) is 0 Å². The molecule has 0 fully saturated rings. The first-order chi connectivity index (χ1) is 13.1. The van der Waals surface area contributed by atoms with Gasteiger partial charge < -0.3 is 20.3 Å². The van der Waals surface area contributed by atoms with E-state index in [1.807, 2.05) is 39.8 Å². The van der Waals surface area contributed by atoms with Gasteiger partial charge in [-0.25, -0.2) is 14.6 Å². The number of carbonyl (C=O) groups is 2. The highest BCUT2D eigenvalue weighted by Gasteiger charge is 2.35. The summed E-state index contributed by atoms with van der Waals surface area (Å²) in [5, 5.41) is 15.5. The van der Waals surface area contributed by atoms with Gasteiger partial charge in [0.05, 0.1) is 6.04 Å². The quantitative estimate of drug-likeness (QED) is 0.553. The Hall–Kier alpha value is -2.35. The normalized spacial score (nSPS) is 13.6. The lowest BCUT2D eigenvalue weighted by molar-refractivity contribution is -0.144. The highest BCUT2D eigenvalue weighted by Crippen LogP contribution is 2.33. The van der Waals surface area contributed by atoms with Gasteiger partial charge in [0.25, 0.3) is 0 Å². The number of aliphatic carboxylic acids is 1. The Bertz CT molecular complexity index is 812. The highest BCUT2D eigenvalue weighted by molar-refractivity contribution is 9.10. The number of aromatic nitrogens is 2. The number of rotatable bonds is 7. The minimum absolute atomic E-state index is 0.363. The first-order valence-corrected chi connectivity index (χ1v) is 10.0. The SMILES string of the molecule is CCC[C@H](NC(=O)Nc1ccc(Br)cc1)c1nccn1C(C(=O)O)C(C)(C)C.